The van der Waals surface area contributed by atoms with Crippen LogP contribution in [-0.4, -0.2) is 49.4 Å². The Bertz CT molecular complexity index is 2320. The van der Waals surface area contributed by atoms with E-state index in [1.165, 1.54) is 37.4 Å². The highest BCUT2D eigenvalue weighted by atomic mass is 19.1. The molecule has 12 nitrogen and oxygen atoms in total. The number of carbonyl (C=O) groups is 2. The maximum atomic E-state index is 13.3. The second-order valence-electron chi connectivity index (χ2n) is 11.8. The number of carbonyl (C=O) groups excluding carboxylic acids is 6. The summed E-state index contributed by atoms with van der Waals surface area (Å²) in [4.78, 5) is 57.3. The van der Waals surface area contributed by atoms with Gasteiger partial charge in [-0.2, -0.15) is 19.2 Å². The summed E-state index contributed by atoms with van der Waals surface area (Å²) in [5, 5.41) is 16.5. The zero-order chi connectivity index (χ0) is 40.8. The van der Waals surface area contributed by atoms with E-state index >= 15 is 0 Å². The number of furan rings is 2. The number of benzene rings is 4. The van der Waals surface area contributed by atoms with Crippen molar-refractivity contribution in [3.63, 3.8) is 0 Å². The van der Waals surface area contributed by atoms with E-state index in [-0.39, 0.29) is 47.6 Å². The number of hydrogen-bond donors (Lipinski definition) is 3. The van der Waals surface area contributed by atoms with Crippen molar-refractivity contribution < 1.29 is 56.2 Å². The summed E-state index contributed by atoms with van der Waals surface area (Å²) in [6, 6.07) is 18.7. The van der Waals surface area contributed by atoms with Crippen molar-refractivity contribution in [2.24, 2.45) is 0 Å². The number of phenols is 1. The van der Waals surface area contributed by atoms with Gasteiger partial charge in [0.25, 0.3) is 11.8 Å². The van der Waals surface area contributed by atoms with Crippen molar-refractivity contribution in [1.82, 2.24) is 10.6 Å². The monoisotopic (exact) mass is 756 g/mol. The van der Waals surface area contributed by atoms with E-state index in [0.717, 1.165) is 23.3 Å². The summed E-state index contributed by atoms with van der Waals surface area (Å²) < 4.78 is 44.2. The highest BCUT2D eigenvalue weighted by Crippen LogP contribution is 2.39. The minimum atomic E-state index is -0.364. The predicted octanol–water partition coefficient (Wildman–Crippen LogP) is 7.65. The van der Waals surface area contributed by atoms with Crippen molar-refractivity contribution in [1.29, 1.82) is 0 Å². The number of phenolic OH excluding ortho intramolecular Hbond substituents is 1. The lowest BCUT2D eigenvalue weighted by Crippen LogP contribution is -2.18. The Kier molecular flexibility index (Phi) is 15.3. The van der Waals surface area contributed by atoms with E-state index in [1.807, 2.05) is 39.8 Å². The Hall–Kier alpha value is -6.88. The molecule has 0 atom stereocenters. The van der Waals surface area contributed by atoms with E-state index in [0.29, 0.717) is 62.1 Å². The fourth-order valence-electron chi connectivity index (χ4n) is 5.57. The molecule has 14 heteroatoms. The third-order valence-corrected chi connectivity index (χ3v) is 8.01. The Morgan fingerprint density at radius 1 is 0.691 bits per heavy atom. The van der Waals surface area contributed by atoms with Gasteiger partial charge in [-0.1, -0.05) is 13.8 Å². The van der Waals surface area contributed by atoms with E-state index in [9.17, 15) is 23.5 Å². The van der Waals surface area contributed by atoms with Crippen LogP contribution in [0.2, 0.25) is 0 Å². The molecule has 0 aliphatic heterocycles. The van der Waals surface area contributed by atoms with E-state index in [4.69, 9.17) is 32.7 Å². The molecule has 0 saturated carbocycles. The molecule has 6 rings (SSSR count). The SMILES string of the molecule is CCc1cc2oc(-c3ccc(F)cc3)c(C(=O)NC)c2cc1O.CCc1cc2oc(-c3ccc(F)cc3)c(C(=O)NC)c2cc1OC(C)C.O=C=O.O=C=O. The van der Waals surface area contributed by atoms with Crippen molar-refractivity contribution in [3.05, 3.63) is 107 Å². The third-order valence-electron chi connectivity index (χ3n) is 8.01. The summed E-state index contributed by atoms with van der Waals surface area (Å²) in [5.41, 5.74) is 4.85. The second-order valence-corrected chi connectivity index (χ2v) is 11.8. The number of fused-ring (bicyclic) bond motifs is 2. The molecule has 0 radical (unpaired) electrons. The van der Waals surface area contributed by atoms with Gasteiger partial charge in [-0.05, 0) is 111 Å². The van der Waals surface area contributed by atoms with E-state index in [2.05, 4.69) is 10.6 Å². The molecule has 0 bridgehead atoms. The first-order chi connectivity index (χ1) is 26.3. The molecule has 2 amide bonds. The highest BCUT2D eigenvalue weighted by Gasteiger charge is 2.24. The quantitative estimate of drug-likeness (QED) is 0.140. The Morgan fingerprint density at radius 3 is 1.44 bits per heavy atom. The molecular formula is C41H38F2N2O10. The van der Waals surface area contributed by atoms with Crippen molar-refractivity contribution in [2.75, 3.05) is 14.1 Å². The Labute approximate surface area is 314 Å². The van der Waals surface area contributed by atoms with Gasteiger partial charge in [0.2, 0.25) is 0 Å². The maximum Gasteiger partial charge on any atom is 0.373 e. The van der Waals surface area contributed by atoms with Gasteiger partial charge in [-0.15, -0.1) is 0 Å². The van der Waals surface area contributed by atoms with Gasteiger partial charge >= 0.3 is 12.3 Å². The molecular weight excluding hydrogens is 718 g/mol. The molecule has 0 saturated heterocycles. The van der Waals surface area contributed by atoms with Gasteiger partial charge in [0.1, 0.15) is 45.8 Å². The van der Waals surface area contributed by atoms with Crippen LogP contribution < -0.4 is 15.4 Å². The van der Waals surface area contributed by atoms with Gasteiger partial charge in [-0.3, -0.25) is 9.59 Å². The molecule has 4 aromatic carbocycles. The molecule has 0 aliphatic rings. The van der Waals surface area contributed by atoms with Gasteiger partial charge < -0.3 is 29.3 Å². The van der Waals surface area contributed by atoms with Crippen LogP contribution in [0.15, 0.2) is 81.6 Å². The second kappa shape index (κ2) is 19.8. The van der Waals surface area contributed by atoms with Gasteiger partial charge in [0.15, 0.2) is 0 Å². The van der Waals surface area contributed by atoms with Crippen LogP contribution in [0.5, 0.6) is 11.5 Å². The number of hydrogen-bond acceptors (Lipinski definition) is 10. The molecule has 2 heterocycles. The van der Waals surface area contributed by atoms with Crippen molar-refractivity contribution >= 4 is 46.1 Å². The molecule has 2 aromatic heterocycles. The number of halogens is 2. The van der Waals surface area contributed by atoms with Crippen LogP contribution >= 0.6 is 0 Å². The fourth-order valence-corrected chi connectivity index (χ4v) is 5.57. The summed E-state index contributed by atoms with van der Waals surface area (Å²) in [7, 11) is 3.09. The molecule has 0 fully saturated rings. The van der Waals surface area contributed by atoms with E-state index < -0.39 is 0 Å². The van der Waals surface area contributed by atoms with E-state index in [1.54, 1.807) is 37.4 Å². The first kappa shape index (κ1) is 42.5. The number of aryl methyl sites for hydroxylation is 2. The minimum Gasteiger partial charge on any atom is -0.508 e. The number of aromatic hydroxyl groups is 1. The summed E-state index contributed by atoms with van der Waals surface area (Å²) in [6.07, 6.45) is 1.94. The minimum absolute atomic E-state index is 0.0182. The summed E-state index contributed by atoms with van der Waals surface area (Å²) in [6.45, 7) is 7.88. The highest BCUT2D eigenvalue weighted by molar-refractivity contribution is 6.12. The topological polar surface area (TPSA) is 182 Å². The standard InChI is InChI=1S/C21H22FNO3.C18H16FNO3.2CO2/c1-5-13-10-18-16(11-17(13)25-12(2)3)19(21(24)23-4)20(26-18)14-6-8-15(22)9-7-14;1-3-10-8-15-13(9-14(10)21)16(18(22)20-2)17(23-15)11-4-6-12(19)7-5-11;2*2-1-3/h6-12H,5H2,1-4H3,(H,23,24);4-9,21H,3H2,1-2H3,(H,20,22);;. The van der Waals surface area contributed by atoms with Crippen LogP contribution in [0.3, 0.4) is 0 Å². The van der Waals surface area contributed by atoms with Crippen molar-refractivity contribution in [2.45, 2.75) is 46.6 Å². The smallest absolute Gasteiger partial charge is 0.373 e. The first-order valence-corrected chi connectivity index (χ1v) is 16.8. The number of amides is 2. The van der Waals surface area contributed by atoms with Gasteiger partial charge in [0.05, 0.1) is 17.2 Å². The maximum absolute atomic E-state index is 13.3. The van der Waals surface area contributed by atoms with Crippen molar-refractivity contribution in [3.8, 4) is 34.1 Å². The molecule has 286 valence electrons. The molecule has 3 N–H and O–H groups in total. The fraction of sp³-hybridized carbons (Fsp3) is 0.220. The number of nitrogens with one attached hydrogen (secondary N) is 2. The largest absolute Gasteiger partial charge is 0.508 e. The molecule has 0 unspecified atom stereocenters. The summed E-state index contributed by atoms with van der Waals surface area (Å²) >= 11 is 0. The predicted molar refractivity (Wildman–Crippen MR) is 196 cm³/mol. The number of ether oxygens (including phenoxy) is 1. The lowest BCUT2D eigenvalue weighted by Gasteiger charge is -2.13. The molecule has 6 aromatic rings. The Morgan fingerprint density at radius 2 is 1.07 bits per heavy atom. The van der Waals surface area contributed by atoms with Gasteiger partial charge in [-0.25, -0.2) is 8.78 Å². The molecule has 0 spiro atoms. The first-order valence-electron chi connectivity index (χ1n) is 16.8. The summed E-state index contributed by atoms with van der Waals surface area (Å²) in [5.74, 6) is 0.345. The average molecular weight is 757 g/mol. The zero-order valence-corrected chi connectivity index (χ0v) is 30.8. The molecule has 0 aliphatic carbocycles. The lowest BCUT2D eigenvalue weighted by atomic mass is 10.0. The third kappa shape index (κ3) is 10.2. The van der Waals surface area contributed by atoms with Crippen LogP contribution in [-0.2, 0) is 32.0 Å². The molecule has 55 heavy (non-hydrogen) atoms. The number of rotatable bonds is 8. The average Bonchev–Trinajstić information content (AvgIpc) is 3.72. The van der Waals surface area contributed by atoms with Gasteiger partial charge in [0, 0.05) is 36.0 Å². The van der Waals surface area contributed by atoms with Crippen LogP contribution in [0, 0.1) is 11.6 Å². The zero-order valence-electron chi connectivity index (χ0n) is 30.8. The van der Waals surface area contributed by atoms with Crippen LogP contribution in [0.25, 0.3) is 44.6 Å². The van der Waals surface area contributed by atoms with Crippen LogP contribution in [0.1, 0.15) is 59.5 Å². The van der Waals surface area contributed by atoms with Crippen LogP contribution in [0.4, 0.5) is 8.78 Å². The Balaban J connectivity index is 0.000000260. The lowest BCUT2D eigenvalue weighted by molar-refractivity contribution is -0.193. The normalized spacial score (nSPS) is 10.1.